The minimum atomic E-state index is -0.883. The van der Waals surface area contributed by atoms with Crippen LogP contribution < -0.4 is 4.74 Å². The minimum Gasteiger partial charge on any atom is -0.496 e. The van der Waals surface area contributed by atoms with Gasteiger partial charge < -0.3 is 9.84 Å². The van der Waals surface area contributed by atoms with Gasteiger partial charge in [-0.1, -0.05) is 12.1 Å². The number of hydrogen-bond acceptors (Lipinski definition) is 2. The Balaban J connectivity index is 2.25. The van der Waals surface area contributed by atoms with E-state index >= 15 is 0 Å². The molecule has 0 saturated heterocycles. The second-order valence-corrected chi connectivity index (χ2v) is 4.74. The third kappa shape index (κ3) is 3.33. The van der Waals surface area contributed by atoms with Crippen LogP contribution in [0.25, 0.3) is 0 Å². The fourth-order valence-corrected chi connectivity index (χ4v) is 2.16. The summed E-state index contributed by atoms with van der Waals surface area (Å²) in [6, 6.07) is 8.66. The predicted molar refractivity (Wildman–Crippen MR) is 72.8 cm³/mol. The molecular formula is C16H16F2O2. The fraction of sp³-hybridized carbons (Fsp3) is 0.250. The van der Waals surface area contributed by atoms with Crippen LogP contribution >= 0.6 is 0 Å². The molecule has 4 heteroatoms. The van der Waals surface area contributed by atoms with Crippen molar-refractivity contribution in [3.05, 3.63) is 64.7 Å². The summed E-state index contributed by atoms with van der Waals surface area (Å²) in [6.45, 7) is 1.92. The summed E-state index contributed by atoms with van der Waals surface area (Å²) >= 11 is 0. The number of aliphatic hydroxyl groups excluding tert-OH is 1. The van der Waals surface area contributed by atoms with Crippen molar-refractivity contribution in [1.82, 2.24) is 0 Å². The van der Waals surface area contributed by atoms with E-state index in [0.29, 0.717) is 16.9 Å². The first-order chi connectivity index (χ1) is 9.49. The number of aliphatic hydroxyl groups is 1. The van der Waals surface area contributed by atoms with Gasteiger partial charge in [0.05, 0.1) is 13.2 Å². The summed E-state index contributed by atoms with van der Waals surface area (Å²) in [6.07, 6.45) is -0.763. The Morgan fingerprint density at radius 2 is 1.75 bits per heavy atom. The average molecular weight is 278 g/mol. The van der Waals surface area contributed by atoms with Crippen molar-refractivity contribution in [1.29, 1.82) is 0 Å². The first-order valence-corrected chi connectivity index (χ1v) is 6.27. The molecular weight excluding hydrogens is 262 g/mol. The van der Waals surface area contributed by atoms with Gasteiger partial charge in [-0.2, -0.15) is 0 Å². The van der Waals surface area contributed by atoms with Crippen molar-refractivity contribution in [2.75, 3.05) is 7.11 Å². The van der Waals surface area contributed by atoms with Gasteiger partial charge in [-0.25, -0.2) is 8.78 Å². The number of halogens is 2. The molecule has 2 nitrogen and oxygen atoms in total. The van der Waals surface area contributed by atoms with E-state index in [1.54, 1.807) is 6.07 Å². The van der Waals surface area contributed by atoms with E-state index in [1.807, 2.05) is 19.1 Å². The SMILES string of the molecule is COc1cc(C)ccc1C(O)Cc1cc(F)cc(F)c1. The molecule has 2 rings (SSSR count). The van der Waals surface area contributed by atoms with E-state index in [1.165, 1.54) is 19.2 Å². The van der Waals surface area contributed by atoms with E-state index in [4.69, 9.17) is 4.74 Å². The van der Waals surface area contributed by atoms with E-state index < -0.39 is 17.7 Å². The van der Waals surface area contributed by atoms with Gasteiger partial charge in [0.1, 0.15) is 17.4 Å². The highest BCUT2D eigenvalue weighted by Crippen LogP contribution is 2.28. The third-order valence-electron chi connectivity index (χ3n) is 3.10. The van der Waals surface area contributed by atoms with Gasteiger partial charge in [0.25, 0.3) is 0 Å². The van der Waals surface area contributed by atoms with Crippen molar-refractivity contribution in [2.24, 2.45) is 0 Å². The van der Waals surface area contributed by atoms with Gasteiger partial charge in [-0.05, 0) is 36.2 Å². The number of benzene rings is 2. The lowest BCUT2D eigenvalue weighted by molar-refractivity contribution is 0.174. The molecule has 0 radical (unpaired) electrons. The molecule has 1 unspecified atom stereocenters. The van der Waals surface area contributed by atoms with Crippen molar-refractivity contribution < 1.29 is 18.6 Å². The van der Waals surface area contributed by atoms with Crippen LogP contribution in [0.4, 0.5) is 8.78 Å². The van der Waals surface area contributed by atoms with Gasteiger partial charge in [0.15, 0.2) is 0 Å². The molecule has 0 spiro atoms. The summed E-state index contributed by atoms with van der Waals surface area (Å²) in [5.41, 5.74) is 2.01. The number of ether oxygens (including phenoxy) is 1. The Labute approximate surface area is 116 Å². The summed E-state index contributed by atoms with van der Waals surface area (Å²) < 4.78 is 31.5. The number of hydrogen-bond donors (Lipinski definition) is 1. The van der Waals surface area contributed by atoms with Gasteiger partial charge in [0.2, 0.25) is 0 Å². The standard InChI is InChI=1S/C16H16F2O2/c1-10-3-4-14(16(5-10)20-2)15(19)8-11-6-12(17)9-13(18)7-11/h3-7,9,15,19H,8H2,1-2H3. The smallest absolute Gasteiger partial charge is 0.126 e. The van der Waals surface area contributed by atoms with E-state index in [2.05, 4.69) is 0 Å². The summed E-state index contributed by atoms with van der Waals surface area (Å²) in [4.78, 5) is 0. The van der Waals surface area contributed by atoms with Crippen molar-refractivity contribution in [2.45, 2.75) is 19.4 Å². The topological polar surface area (TPSA) is 29.5 Å². The number of methoxy groups -OCH3 is 1. The van der Waals surface area contributed by atoms with Crippen LogP contribution in [0.2, 0.25) is 0 Å². The Bertz CT molecular complexity index is 591. The lowest BCUT2D eigenvalue weighted by atomic mass is 9.99. The highest BCUT2D eigenvalue weighted by molar-refractivity contribution is 5.39. The Hall–Kier alpha value is -1.94. The van der Waals surface area contributed by atoms with Gasteiger partial charge >= 0.3 is 0 Å². The summed E-state index contributed by atoms with van der Waals surface area (Å²) in [5, 5.41) is 10.2. The van der Waals surface area contributed by atoms with Crippen molar-refractivity contribution in [3.63, 3.8) is 0 Å². The largest absolute Gasteiger partial charge is 0.496 e. The molecule has 1 atom stereocenters. The van der Waals surface area contributed by atoms with Crippen molar-refractivity contribution in [3.8, 4) is 5.75 Å². The number of aryl methyl sites for hydroxylation is 1. The molecule has 0 amide bonds. The average Bonchev–Trinajstić information content (AvgIpc) is 2.37. The molecule has 20 heavy (non-hydrogen) atoms. The molecule has 0 aliphatic heterocycles. The van der Waals surface area contributed by atoms with Crippen molar-refractivity contribution >= 4 is 0 Å². The van der Waals surface area contributed by atoms with Gasteiger partial charge in [-0.3, -0.25) is 0 Å². The fourth-order valence-electron chi connectivity index (χ4n) is 2.16. The Morgan fingerprint density at radius 3 is 2.35 bits per heavy atom. The zero-order chi connectivity index (χ0) is 14.7. The zero-order valence-corrected chi connectivity index (χ0v) is 11.4. The van der Waals surface area contributed by atoms with Crippen LogP contribution in [-0.4, -0.2) is 12.2 Å². The molecule has 0 aliphatic rings. The van der Waals surface area contributed by atoms with E-state index in [-0.39, 0.29) is 6.42 Å². The molecule has 0 heterocycles. The first kappa shape index (κ1) is 14.5. The first-order valence-electron chi connectivity index (χ1n) is 6.27. The molecule has 1 N–H and O–H groups in total. The van der Waals surface area contributed by atoms with Crippen LogP contribution in [0.1, 0.15) is 22.8 Å². The molecule has 106 valence electrons. The molecule has 0 fully saturated rings. The quantitative estimate of drug-likeness (QED) is 0.926. The lowest BCUT2D eigenvalue weighted by Crippen LogP contribution is -2.05. The minimum absolute atomic E-state index is 0.119. The van der Waals surface area contributed by atoms with Crippen LogP contribution in [0.3, 0.4) is 0 Å². The Kier molecular flexibility index (Phi) is 4.35. The Morgan fingerprint density at radius 1 is 1.10 bits per heavy atom. The maximum absolute atomic E-state index is 13.1. The molecule has 0 saturated carbocycles. The zero-order valence-electron chi connectivity index (χ0n) is 11.4. The highest BCUT2D eigenvalue weighted by Gasteiger charge is 2.15. The summed E-state index contributed by atoms with van der Waals surface area (Å²) in [5.74, 6) is -0.736. The van der Waals surface area contributed by atoms with Crippen LogP contribution in [0.5, 0.6) is 5.75 Å². The van der Waals surface area contributed by atoms with Crippen LogP contribution in [0, 0.1) is 18.6 Å². The second kappa shape index (κ2) is 6.01. The summed E-state index contributed by atoms with van der Waals surface area (Å²) in [7, 11) is 1.52. The number of rotatable bonds is 4. The molecule has 0 aliphatic carbocycles. The highest BCUT2D eigenvalue weighted by atomic mass is 19.1. The van der Waals surface area contributed by atoms with Gasteiger partial charge in [-0.15, -0.1) is 0 Å². The van der Waals surface area contributed by atoms with Crippen LogP contribution in [0.15, 0.2) is 36.4 Å². The molecule has 2 aromatic carbocycles. The molecule has 2 aromatic rings. The maximum Gasteiger partial charge on any atom is 0.126 e. The molecule has 0 bridgehead atoms. The normalized spacial score (nSPS) is 12.2. The van der Waals surface area contributed by atoms with Gasteiger partial charge in [0, 0.05) is 18.1 Å². The lowest BCUT2D eigenvalue weighted by Gasteiger charge is -2.15. The molecule has 0 aromatic heterocycles. The second-order valence-electron chi connectivity index (χ2n) is 4.74. The third-order valence-corrected chi connectivity index (χ3v) is 3.10. The van der Waals surface area contributed by atoms with E-state index in [0.717, 1.165) is 11.6 Å². The maximum atomic E-state index is 13.1. The monoisotopic (exact) mass is 278 g/mol. The predicted octanol–water partition coefficient (Wildman–Crippen LogP) is 3.56. The van der Waals surface area contributed by atoms with Crippen LogP contribution in [-0.2, 0) is 6.42 Å². The van der Waals surface area contributed by atoms with E-state index in [9.17, 15) is 13.9 Å².